The number of carbonyl (C=O) groups excluding carboxylic acids is 3. The van der Waals surface area contributed by atoms with Gasteiger partial charge in [0.25, 0.3) is 0 Å². The lowest BCUT2D eigenvalue weighted by Crippen LogP contribution is -2.32. The van der Waals surface area contributed by atoms with Gasteiger partial charge in [-0.1, -0.05) is 23.7 Å². The third-order valence-corrected chi connectivity index (χ3v) is 6.42. The zero-order valence-corrected chi connectivity index (χ0v) is 21.6. The van der Waals surface area contributed by atoms with Crippen LogP contribution >= 0.6 is 23.2 Å². The summed E-state index contributed by atoms with van der Waals surface area (Å²) in [6.07, 6.45) is -0.893. The van der Waals surface area contributed by atoms with Gasteiger partial charge < -0.3 is 19.1 Å². The highest BCUT2D eigenvalue weighted by molar-refractivity contribution is 6.30. The zero-order valence-electron chi connectivity index (χ0n) is 20.1. The van der Waals surface area contributed by atoms with Crippen molar-refractivity contribution in [3.05, 3.63) is 83.4 Å². The average Bonchev–Trinajstić information content (AvgIpc) is 3.31. The fourth-order valence-corrected chi connectivity index (χ4v) is 4.34. The molecule has 1 aliphatic rings. The van der Waals surface area contributed by atoms with Crippen LogP contribution < -0.4 is 14.4 Å². The Labute approximate surface area is 224 Å². The Balaban J connectivity index is 1.40. The normalized spacial score (nSPS) is 15.8. The van der Waals surface area contributed by atoms with Gasteiger partial charge in [-0.2, -0.15) is 0 Å². The predicted octanol–water partition coefficient (Wildman–Crippen LogP) is 5.92. The maximum absolute atomic E-state index is 12.9. The van der Waals surface area contributed by atoms with Crippen LogP contribution in [-0.2, 0) is 14.3 Å². The van der Waals surface area contributed by atoms with Crippen molar-refractivity contribution >= 4 is 46.5 Å². The maximum atomic E-state index is 12.9. The fraction of sp³-hybridized carbons (Fsp3) is 0.250. The first-order chi connectivity index (χ1) is 17.9. The Morgan fingerprint density at radius 2 is 1.68 bits per heavy atom. The number of hydrogen-bond donors (Lipinski definition) is 0. The van der Waals surface area contributed by atoms with Crippen LogP contribution in [0, 0.1) is 5.92 Å². The second-order valence-corrected chi connectivity index (χ2v) is 9.24. The molecule has 3 aromatic carbocycles. The van der Waals surface area contributed by atoms with Crippen LogP contribution in [-0.4, -0.2) is 43.3 Å². The monoisotopic (exact) mass is 541 g/mol. The molecule has 0 aliphatic carbocycles. The van der Waals surface area contributed by atoms with Crippen LogP contribution in [0.15, 0.2) is 72.8 Å². The summed E-state index contributed by atoms with van der Waals surface area (Å²) in [5.74, 6) is -0.00776. The summed E-state index contributed by atoms with van der Waals surface area (Å²) in [6, 6.07) is 20.6. The number of carbonyl (C=O) groups is 3. The van der Waals surface area contributed by atoms with Crippen molar-refractivity contribution in [2.24, 2.45) is 5.92 Å². The summed E-state index contributed by atoms with van der Waals surface area (Å²) in [7, 11) is 1.57. The van der Waals surface area contributed by atoms with Crippen molar-refractivity contribution in [1.29, 1.82) is 0 Å². The number of halogens is 2. The van der Waals surface area contributed by atoms with E-state index in [1.807, 2.05) is 12.1 Å². The third kappa shape index (κ3) is 6.42. The lowest BCUT2D eigenvalue weighted by Gasteiger charge is -2.19. The molecule has 0 radical (unpaired) electrons. The molecule has 37 heavy (non-hydrogen) atoms. The zero-order chi connectivity index (χ0) is 26.4. The second kappa shape index (κ2) is 12.1. The molecule has 1 amide bonds. The van der Waals surface area contributed by atoms with Gasteiger partial charge in [-0.25, -0.2) is 0 Å². The Morgan fingerprint density at radius 1 is 1.00 bits per heavy atom. The van der Waals surface area contributed by atoms with E-state index in [0.717, 1.165) is 0 Å². The Morgan fingerprint density at radius 3 is 2.32 bits per heavy atom. The third-order valence-electron chi connectivity index (χ3n) is 5.95. The van der Waals surface area contributed by atoms with Crippen LogP contribution in [0.3, 0.4) is 0 Å². The van der Waals surface area contributed by atoms with Gasteiger partial charge in [-0.3, -0.25) is 14.4 Å². The molecule has 1 heterocycles. The van der Waals surface area contributed by atoms with Crippen molar-refractivity contribution < 1.29 is 28.6 Å². The van der Waals surface area contributed by atoms with E-state index >= 15 is 0 Å². The van der Waals surface area contributed by atoms with Gasteiger partial charge in [-0.15, -0.1) is 11.6 Å². The molecule has 0 N–H and O–H groups in total. The molecule has 0 saturated carbocycles. The molecule has 0 bridgehead atoms. The maximum Gasteiger partial charge on any atom is 0.312 e. The van der Waals surface area contributed by atoms with Gasteiger partial charge in [0.2, 0.25) is 11.7 Å². The smallest absolute Gasteiger partial charge is 0.312 e. The van der Waals surface area contributed by atoms with Crippen LogP contribution in [0.25, 0.3) is 0 Å². The molecule has 1 aliphatic heterocycles. The number of Topliss-reactive ketones (excluding diaryl/α,β-unsaturated/α-hetero) is 1. The molecule has 0 aromatic heterocycles. The minimum absolute atomic E-state index is 0.0129. The summed E-state index contributed by atoms with van der Waals surface area (Å²) in [5, 5.41) is 0.492. The first-order valence-electron chi connectivity index (χ1n) is 11.7. The number of anilines is 1. The van der Waals surface area contributed by atoms with Crippen molar-refractivity contribution in [1.82, 2.24) is 0 Å². The van der Waals surface area contributed by atoms with E-state index in [2.05, 4.69) is 0 Å². The summed E-state index contributed by atoms with van der Waals surface area (Å²) in [4.78, 5) is 40.0. The van der Waals surface area contributed by atoms with E-state index in [0.29, 0.717) is 33.5 Å². The number of benzene rings is 3. The van der Waals surface area contributed by atoms with E-state index < -0.39 is 18.0 Å². The summed E-state index contributed by atoms with van der Waals surface area (Å²) < 4.78 is 16.7. The number of alkyl halides is 1. The van der Waals surface area contributed by atoms with Crippen molar-refractivity contribution in [3.8, 4) is 17.2 Å². The average molecular weight is 542 g/mol. The molecule has 2 atom stereocenters. The first kappa shape index (κ1) is 26.5. The van der Waals surface area contributed by atoms with Crippen LogP contribution in [0.1, 0.15) is 23.2 Å². The van der Waals surface area contributed by atoms with Crippen LogP contribution in [0.2, 0.25) is 5.02 Å². The topological polar surface area (TPSA) is 82.1 Å². The molecule has 1 saturated heterocycles. The van der Waals surface area contributed by atoms with E-state index in [4.69, 9.17) is 37.4 Å². The molecule has 192 valence electrons. The number of esters is 1. The van der Waals surface area contributed by atoms with E-state index in [9.17, 15) is 14.4 Å². The lowest BCUT2D eigenvalue weighted by molar-refractivity contribution is -0.151. The first-order valence-corrected chi connectivity index (χ1v) is 12.6. The van der Waals surface area contributed by atoms with E-state index in [1.54, 1.807) is 67.8 Å². The van der Waals surface area contributed by atoms with Crippen LogP contribution in [0.4, 0.5) is 5.69 Å². The molecular weight excluding hydrogens is 517 g/mol. The molecule has 1 fully saturated rings. The Hall–Kier alpha value is -3.55. The number of para-hydroxylation sites is 2. The Bertz CT molecular complexity index is 1260. The molecule has 3 aromatic rings. The number of nitrogens with zero attached hydrogens (tertiary/aromatic N) is 1. The van der Waals surface area contributed by atoms with Gasteiger partial charge in [0.05, 0.1) is 13.0 Å². The van der Waals surface area contributed by atoms with Gasteiger partial charge in [-0.05, 0) is 60.7 Å². The highest BCUT2D eigenvalue weighted by Gasteiger charge is 2.38. The summed E-state index contributed by atoms with van der Waals surface area (Å²) in [6.45, 7) is 0.146. The van der Waals surface area contributed by atoms with Gasteiger partial charge in [0.1, 0.15) is 5.75 Å². The molecule has 0 spiro atoms. The second-order valence-electron chi connectivity index (χ2n) is 8.43. The number of ketones is 1. The quantitative estimate of drug-likeness (QED) is 0.180. The molecule has 7 nitrogen and oxygen atoms in total. The van der Waals surface area contributed by atoms with Crippen molar-refractivity contribution in [2.45, 2.75) is 18.9 Å². The van der Waals surface area contributed by atoms with Gasteiger partial charge in [0, 0.05) is 41.5 Å². The van der Waals surface area contributed by atoms with Gasteiger partial charge >= 0.3 is 5.97 Å². The number of ether oxygens (including phenoxy) is 3. The Kier molecular flexibility index (Phi) is 8.69. The minimum Gasteiger partial charge on any atom is -0.493 e. The molecular formula is C28H25Cl2NO6. The number of hydrogen-bond acceptors (Lipinski definition) is 6. The van der Waals surface area contributed by atoms with Crippen molar-refractivity contribution in [2.75, 3.05) is 24.4 Å². The largest absolute Gasteiger partial charge is 0.493 e. The molecule has 9 heteroatoms. The highest BCUT2D eigenvalue weighted by atomic mass is 35.5. The van der Waals surface area contributed by atoms with E-state index in [1.165, 1.54) is 4.90 Å². The standard InChI is InChI=1S/C28H25Cl2NO6/c1-35-23-4-2-3-5-24(23)36-22-12-10-21(11-13-22)31-17-19(16-26(31)32)28(34)37-25(14-15-29)27(33)18-6-8-20(30)9-7-18/h2-13,19,25H,14-17H2,1H3/t19-,25-/m1/s1. The SMILES string of the molecule is COc1ccccc1Oc1ccc(N2C[C@H](C(=O)O[C@H](CCCl)C(=O)c3ccc(Cl)cc3)CC2=O)cc1. The van der Waals surface area contributed by atoms with Gasteiger partial charge in [0.15, 0.2) is 17.6 Å². The van der Waals surface area contributed by atoms with Crippen molar-refractivity contribution in [3.63, 3.8) is 0 Å². The summed E-state index contributed by atoms with van der Waals surface area (Å²) >= 11 is 11.8. The summed E-state index contributed by atoms with van der Waals surface area (Å²) in [5.41, 5.74) is 0.995. The number of amides is 1. The number of rotatable bonds is 10. The predicted molar refractivity (Wildman–Crippen MR) is 141 cm³/mol. The fourth-order valence-electron chi connectivity index (χ4n) is 4.02. The minimum atomic E-state index is -1.04. The molecule has 4 rings (SSSR count). The van der Waals surface area contributed by atoms with Crippen LogP contribution in [0.5, 0.6) is 17.2 Å². The van der Waals surface area contributed by atoms with E-state index in [-0.39, 0.29) is 37.0 Å². The lowest BCUT2D eigenvalue weighted by atomic mass is 10.0. The molecule has 0 unspecified atom stereocenters. The number of methoxy groups -OCH3 is 1. The highest BCUT2D eigenvalue weighted by Crippen LogP contribution is 2.33.